The van der Waals surface area contributed by atoms with Gasteiger partial charge in [-0.3, -0.25) is 37.3 Å². The van der Waals surface area contributed by atoms with Gasteiger partial charge in [0.05, 0.1) is 26.4 Å². The molecular formula is C79H154O17P2. The summed E-state index contributed by atoms with van der Waals surface area (Å²) in [4.78, 5) is 72.9. The molecule has 0 aliphatic carbocycles. The molecule has 0 aliphatic heterocycles. The highest BCUT2D eigenvalue weighted by Gasteiger charge is 2.30. The van der Waals surface area contributed by atoms with Crippen molar-refractivity contribution in [3.05, 3.63) is 0 Å². The molecule has 2 unspecified atom stereocenters. The fraction of sp³-hybridized carbons (Fsp3) is 0.949. The van der Waals surface area contributed by atoms with Crippen LogP contribution in [0.25, 0.3) is 0 Å². The van der Waals surface area contributed by atoms with Crippen LogP contribution in [0.1, 0.15) is 420 Å². The van der Waals surface area contributed by atoms with Crippen LogP contribution in [0.15, 0.2) is 0 Å². The van der Waals surface area contributed by atoms with E-state index in [0.717, 1.165) is 95.8 Å². The number of carbonyl (C=O) groups excluding carboxylic acids is 4. The van der Waals surface area contributed by atoms with Crippen LogP contribution < -0.4 is 0 Å². The highest BCUT2D eigenvalue weighted by atomic mass is 31.2. The van der Waals surface area contributed by atoms with Crippen LogP contribution in [-0.4, -0.2) is 96.7 Å². The zero-order valence-electron chi connectivity index (χ0n) is 63.9. The van der Waals surface area contributed by atoms with Gasteiger partial charge < -0.3 is 33.8 Å². The Bertz CT molecular complexity index is 1870. The number of carbonyl (C=O) groups is 4. The van der Waals surface area contributed by atoms with E-state index in [4.69, 9.17) is 37.0 Å². The maximum Gasteiger partial charge on any atom is 0.472 e. The Labute approximate surface area is 600 Å². The minimum Gasteiger partial charge on any atom is -0.462 e. The third-order valence-electron chi connectivity index (χ3n) is 18.5. The highest BCUT2D eigenvalue weighted by molar-refractivity contribution is 7.47. The molecule has 0 fully saturated rings. The maximum atomic E-state index is 13.1. The van der Waals surface area contributed by atoms with E-state index in [2.05, 4.69) is 34.6 Å². The van der Waals surface area contributed by atoms with Crippen LogP contribution in [0, 0.1) is 5.92 Å². The van der Waals surface area contributed by atoms with Crippen molar-refractivity contribution in [3.8, 4) is 0 Å². The van der Waals surface area contributed by atoms with Crippen molar-refractivity contribution in [1.82, 2.24) is 0 Å². The minimum absolute atomic E-state index is 0.107. The first-order valence-corrected chi connectivity index (χ1v) is 44.1. The summed E-state index contributed by atoms with van der Waals surface area (Å²) in [5.41, 5.74) is 0. The number of aliphatic hydroxyl groups is 1. The number of unbranched alkanes of at least 4 members (excludes halogenated alkanes) is 51. The average Bonchev–Trinajstić information content (AvgIpc) is 0.995. The van der Waals surface area contributed by atoms with Crippen molar-refractivity contribution in [2.24, 2.45) is 5.92 Å². The fourth-order valence-electron chi connectivity index (χ4n) is 12.2. The zero-order chi connectivity index (χ0) is 71.9. The Balaban J connectivity index is 5.21. The van der Waals surface area contributed by atoms with Gasteiger partial charge in [-0.25, -0.2) is 9.13 Å². The van der Waals surface area contributed by atoms with Crippen molar-refractivity contribution >= 4 is 39.5 Å². The average molecular weight is 1440 g/mol. The van der Waals surface area contributed by atoms with E-state index >= 15 is 0 Å². The molecule has 0 aliphatic rings. The highest BCUT2D eigenvalue weighted by Crippen LogP contribution is 2.45. The summed E-state index contributed by atoms with van der Waals surface area (Å²) in [6.07, 6.45) is 62.4. The predicted molar refractivity (Wildman–Crippen MR) is 400 cm³/mol. The molecule has 0 aromatic carbocycles. The lowest BCUT2D eigenvalue weighted by Gasteiger charge is -2.21. The van der Waals surface area contributed by atoms with Crippen LogP contribution in [-0.2, 0) is 65.4 Å². The summed E-state index contributed by atoms with van der Waals surface area (Å²) in [5, 5.41) is 10.6. The molecule has 98 heavy (non-hydrogen) atoms. The Morgan fingerprint density at radius 1 is 0.276 bits per heavy atom. The molecule has 0 aromatic rings. The number of phosphoric ester groups is 2. The van der Waals surface area contributed by atoms with E-state index < -0.39 is 97.5 Å². The minimum atomic E-state index is -4.96. The van der Waals surface area contributed by atoms with Crippen LogP contribution in [0.3, 0.4) is 0 Å². The molecule has 0 heterocycles. The van der Waals surface area contributed by atoms with E-state index in [0.29, 0.717) is 25.7 Å². The van der Waals surface area contributed by atoms with E-state index in [1.54, 1.807) is 0 Å². The van der Waals surface area contributed by atoms with E-state index in [1.165, 1.54) is 244 Å². The van der Waals surface area contributed by atoms with E-state index in [9.17, 15) is 43.2 Å². The quantitative estimate of drug-likeness (QED) is 0.0222. The first kappa shape index (κ1) is 96.1. The van der Waals surface area contributed by atoms with Gasteiger partial charge in [0, 0.05) is 25.7 Å². The lowest BCUT2D eigenvalue weighted by atomic mass is 10.0. The molecule has 0 amide bonds. The second-order valence-electron chi connectivity index (χ2n) is 28.9. The molecule has 0 spiro atoms. The summed E-state index contributed by atoms with van der Waals surface area (Å²) in [7, 11) is -9.91. The van der Waals surface area contributed by atoms with Gasteiger partial charge in [-0.15, -0.1) is 0 Å². The van der Waals surface area contributed by atoms with Crippen molar-refractivity contribution in [2.75, 3.05) is 39.6 Å². The second-order valence-corrected chi connectivity index (χ2v) is 31.8. The van der Waals surface area contributed by atoms with Crippen molar-refractivity contribution in [1.29, 1.82) is 0 Å². The van der Waals surface area contributed by atoms with Crippen LogP contribution in [0.2, 0.25) is 0 Å². The Kier molecular flexibility index (Phi) is 70.6. The third kappa shape index (κ3) is 72.4. The number of esters is 4. The lowest BCUT2D eigenvalue weighted by molar-refractivity contribution is -0.161. The van der Waals surface area contributed by atoms with E-state index in [-0.39, 0.29) is 25.7 Å². The maximum absolute atomic E-state index is 13.1. The molecule has 0 bridgehead atoms. The van der Waals surface area contributed by atoms with Gasteiger partial charge in [-0.2, -0.15) is 0 Å². The summed E-state index contributed by atoms with van der Waals surface area (Å²) >= 11 is 0. The molecule has 0 saturated carbocycles. The first-order chi connectivity index (χ1) is 47.5. The van der Waals surface area contributed by atoms with Gasteiger partial charge in [-0.1, -0.05) is 369 Å². The number of aliphatic hydroxyl groups excluding tert-OH is 1. The number of hydrogen-bond donors (Lipinski definition) is 3. The van der Waals surface area contributed by atoms with Gasteiger partial charge in [-0.05, 0) is 31.6 Å². The summed E-state index contributed by atoms with van der Waals surface area (Å²) in [5.74, 6) is -1.30. The standard InChI is InChI=1S/C79H154O17P2/c1-6-9-12-15-18-21-24-25-26-27-28-32-35-39-43-48-53-58-63-77(82)90-69-75(96-79(84)65-60-55-50-45-40-36-33-30-29-31-34-38-41-46-51-56-61-72(4)5)71-94-98(87,88)92-67-73(80)66-91-97(85,86)93-70-74(68-89-76(81)62-57-52-47-42-23-20-17-14-11-8-3)95-78(83)64-59-54-49-44-37-22-19-16-13-10-7-2/h72-75,80H,6-71H2,1-5H3,(H,85,86)(H,87,88)/t73-,74+,75+/m0/s1. The predicted octanol–water partition coefficient (Wildman–Crippen LogP) is 23.6. The van der Waals surface area contributed by atoms with Crippen LogP contribution >= 0.6 is 15.6 Å². The summed E-state index contributed by atoms with van der Waals surface area (Å²) in [6, 6.07) is 0. The van der Waals surface area contributed by atoms with Gasteiger partial charge in [0.2, 0.25) is 0 Å². The van der Waals surface area contributed by atoms with Gasteiger partial charge >= 0.3 is 39.5 Å². The number of ether oxygens (including phenoxy) is 4. The van der Waals surface area contributed by atoms with Gasteiger partial charge in [0.1, 0.15) is 19.3 Å². The Morgan fingerprint density at radius 3 is 0.694 bits per heavy atom. The molecule has 0 aromatic heterocycles. The summed E-state index contributed by atoms with van der Waals surface area (Å²) < 4.78 is 68.6. The normalized spacial score (nSPS) is 13.9. The summed E-state index contributed by atoms with van der Waals surface area (Å²) in [6.45, 7) is 7.33. The molecule has 0 rings (SSSR count). The van der Waals surface area contributed by atoms with Gasteiger partial charge in [0.25, 0.3) is 0 Å². The SMILES string of the molecule is CCCCCCCCCCCCCCCCCCCCC(=O)OC[C@H](COP(=O)(O)OC[C@@H](O)COP(=O)(O)OC[C@@H](COC(=O)CCCCCCCCCCCC)OC(=O)CCCCCCCCCCCCC)OC(=O)CCCCCCCCCCCCCCCCCCC(C)C. The van der Waals surface area contributed by atoms with Crippen LogP contribution in [0.4, 0.5) is 0 Å². The molecule has 17 nitrogen and oxygen atoms in total. The molecule has 0 radical (unpaired) electrons. The molecule has 582 valence electrons. The van der Waals surface area contributed by atoms with Crippen molar-refractivity contribution in [3.63, 3.8) is 0 Å². The first-order valence-electron chi connectivity index (χ1n) is 41.1. The monoisotopic (exact) mass is 1440 g/mol. The number of rotatable bonds is 79. The third-order valence-corrected chi connectivity index (χ3v) is 20.4. The Morgan fingerprint density at radius 2 is 0.469 bits per heavy atom. The molecular weight excluding hydrogens is 1280 g/mol. The smallest absolute Gasteiger partial charge is 0.462 e. The number of phosphoric acid groups is 2. The van der Waals surface area contributed by atoms with E-state index in [1.807, 2.05) is 0 Å². The molecule has 0 saturated heterocycles. The van der Waals surface area contributed by atoms with Crippen molar-refractivity contribution in [2.45, 2.75) is 438 Å². The topological polar surface area (TPSA) is 237 Å². The largest absolute Gasteiger partial charge is 0.472 e. The van der Waals surface area contributed by atoms with Gasteiger partial charge in [0.15, 0.2) is 12.2 Å². The van der Waals surface area contributed by atoms with Crippen molar-refractivity contribution < 1.29 is 80.2 Å². The van der Waals surface area contributed by atoms with Crippen LogP contribution in [0.5, 0.6) is 0 Å². The molecule has 19 heteroatoms. The molecule has 5 atom stereocenters. The lowest BCUT2D eigenvalue weighted by Crippen LogP contribution is -2.30. The molecule has 3 N–H and O–H groups in total. The Hall–Kier alpha value is -1.94. The second kappa shape index (κ2) is 72.0. The number of hydrogen-bond acceptors (Lipinski definition) is 15. The zero-order valence-corrected chi connectivity index (χ0v) is 65.7. The fourth-order valence-corrected chi connectivity index (χ4v) is 13.8.